The lowest BCUT2D eigenvalue weighted by Crippen LogP contribution is -2.68. The zero-order valence-corrected chi connectivity index (χ0v) is 12.4. The quantitative estimate of drug-likeness (QED) is 0.536. The van der Waals surface area contributed by atoms with E-state index >= 15 is 0 Å². The van der Waals surface area contributed by atoms with Gasteiger partial charge in [0.15, 0.2) is 0 Å². The van der Waals surface area contributed by atoms with Crippen LogP contribution < -0.4 is 5.73 Å². The SMILES string of the molecule is N[C@@H]1C(=O)N2C(C(=O)O)=C(SCC3=CC(=O)OC3)CS[C@H]12. The number of nitrogens with two attached hydrogens (primary N) is 1. The standard InChI is InChI=1S/C12H12N2O5S2/c13-8-10(16)14-9(12(17)18)6(4-21-11(8)14)20-3-5-1-7(15)19-2-5/h1,8,11H,2-4,13H2,(H,17,18)/t8-,11-/m1/s1. The first-order valence-corrected chi connectivity index (χ1v) is 8.18. The van der Waals surface area contributed by atoms with Gasteiger partial charge in [0.1, 0.15) is 23.7 Å². The molecule has 0 aromatic heterocycles. The van der Waals surface area contributed by atoms with Gasteiger partial charge in [-0.3, -0.25) is 9.69 Å². The number of amides is 1. The number of β-lactam (4-membered cyclic amide) rings is 1. The second-order valence-electron chi connectivity index (χ2n) is 4.71. The van der Waals surface area contributed by atoms with Crippen LogP contribution in [0, 0.1) is 0 Å². The molecule has 3 heterocycles. The first-order valence-electron chi connectivity index (χ1n) is 6.14. The van der Waals surface area contributed by atoms with Crippen molar-refractivity contribution in [2.45, 2.75) is 11.4 Å². The van der Waals surface area contributed by atoms with Crippen LogP contribution in [0.15, 0.2) is 22.3 Å². The average molecular weight is 328 g/mol. The number of hydrogen-bond donors (Lipinski definition) is 2. The molecule has 1 fully saturated rings. The molecule has 7 nitrogen and oxygen atoms in total. The van der Waals surface area contributed by atoms with Gasteiger partial charge in [-0.2, -0.15) is 0 Å². The second-order valence-corrected chi connectivity index (χ2v) is 6.89. The molecule has 3 rings (SSSR count). The molecule has 0 aliphatic carbocycles. The van der Waals surface area contributed by atoms with Crippen molar-refractivity contribution in [2.24, 2.45) is 5.73 Å². The monoisotopic (exact) mass is 328 g/mol. The van der Waals surface area contributed by atoms with Crippen molar-refractivity contribution in [3.8, 4) is 0 Å². The summed E-state index contributed by atoms with van der Waals surface area (Å²) in [7, 11) is 0. The van der Waals surface area contributed by atoms with Gasteiger partial charge in [0.05, 0.1) is 0 Å². The molecule has 9 heteroatoms. The summed E-state index contributed by atoms with van der Waals surface area (Å²) in [6.45, 7) is 0.241. The maximum Gasteiger partial charge on any atom is 0.353 e. The number of thioether (sulfide) groups is 2. The number of carbonyl (C=O) groups is 3. The topological polar surface area (TPSA) is 110 Å². The summed E-state index contributed by atoms with van der Waals surface area (Å²) in [6, 6.07) is -0.625. The third-order valence-corrected chi connectivity index (χ3v) is 6.02. The van der Waals surface area contributed by atoms with E-state index < -0.39 is 12.0 Å². The normalized spacial score (nSPS) is 28.0. The Morgan fingerprint density at radius 3 is 2.95 bits per heavy atom. The van der Waals surface area contributed by atoms with E-state index in [-0.39, 0.29) is 29.6 Å². The van der Waals surface area contributed by atoms with E-state index in [1.807, 2.05) is 0 Å². The summed E-state index contributed by atoms with van der Waals surface area (Å²) >= 11 is 2.78. The number of ether oxygens (including phenoxy) is 1. The van der Waals surface area contributed by atoms with E-state index in [1.54, 1.807) is 0 Å². The van der Waals surface area contributed by atoms with Crippen LogP contribution in [0.2, 0.25) is 0 Å². The summed E-state index contributed by atoms with van der Waals surface area (Å²) in [5.41, 5.74) is 6.50. The van der Waals surface area contributed by atoms with Crippen molar-refractivity contribution in [3.05, 3.63) is 22.3 Å². The number of aliphatic carboxylic acids is 1. The highest BCUT2D eigenvalue weighted by Gasteiger charge is 2.51. The van der Waals surface area contributed by atoms with E-state index in [0.29, 0.717) is 16.4 Å². The number of fused-ring (bicyclic) bond motifs is 1. The minimum absolute atomic E-state index is 0.0151. The van der Waals surface area contributed by atoms with E-state index in [1.165, 1.54) is 34.5 Å². The molecule has 1 saturated heterocycles. The molecule has 0 aromatic carbocycles. The second kappa shape index (κ2) is 5.39. The fraction of sp³-hybridized carbons (Fsp3) is 0.417. The molecule has 0 radical (unpaired) electrons. The van der Waals surface area contributed by atoms with E-state index in [2.05, 4.69) is 0 Å². The molecule has 3 aliphatic rings. The largest absolute Gasteiger partial charge is 0.477 e. The summed E-state index contributed by atoms with van der Waals surface area (Å²) in [4.78, 5) is 36.1. The van der Waals surface area contributed by atoms with Gasteiger partial charge in [0, 0.05) is 22.5 Å². The Labute approximate surface area is 128 Å². The zero-order chi connectivity index (χ0) is 15.1. The lowest BCUT2D eigenvalue weighted by atomic mass is 10.1. The van der Waals surface area contributed by atoms with Crippen LogP contribution in [0.25, 0.3) is 0 Å². The minimum Gasteiger partial charge on any atom is -0.477 e. The molecule has 0 spiro atoms. The van der Waals surface area contributed by atoms with Gasteiger partial charge in [0.25, 0.3) is 0 Å². The summed E-state index contributed by atoms with van der Waals surface area (Å²) < 4.78 is 4.80. The zero-order valence-electron chi connectivity index (χ0n) is 10.8. The molecule has 3 aliphatic heterocycles. The van der Waals surface area contributed by atoms with Crippen LogP contribution in [0.4, 0.5) is 0 Å². The lowest BCUT2D eigenvalue weighted by molar-refractivity contribution is -0.147. The first kappa shape index (κ1) is 14.5. The first-order chi connectivity index (χ1) is 9.99. The minimum atomic E-state index is -1.13. The maximum atomic E-state index is 11.8. The Bertz CT molecular complexity index is 600. The predicted molar refractivity (Wildman–Crippen MR) is 77.2 cm³/mol. The van der Waals surface area contributed by atoms with Crippen molar-refractivity contribution >= 4 is 41.4 Å². The molecular formula is C12H12N2O5S2. The Morgan fingerprint density at radius 2 is 2.33 bits per heavy atom. The van der Waals surface area contributed by atoms with E-state index in [0.717, 1.165) is 5.57 Å². The van der Waals surface area contributed by atoms with Crippen LogP contribution in [0.5, 0.6) is 0 Å². The molecule has 2 atom stereocenters. The summed E-state index contributed by atoms with van der Waals surface area (Å²) in [6.07, 6.45) is 1.41. The highest BCUT2D eigenvalue weighted by atomic mass is 32.2. The molecule has 0 unspecified atom stereocenters. The van der Waals surface area contributed by atoms with E-state index in [4.69, 9.17) is 10.5 Å². The number of carboxylic acids is 1. The Kier molecular flexibility index (Phi) is 3.72. The van der Waals surface area contributed by atoms with Gasteiger partial charge in [-0.05, 0) is 5.57 Å². The number of hydrogen-bond acceptors (Lipinski definition) is 7. The van der Waals surface area contributed by atoms with Gasteiger partial charge in [0.2, 0.25) is 5.91 Å². The third kappa shape index (κ3) is 2.45. The molecule has 112 valence electrons. The van der Waals surface area contributed by atoms with Crippen LogP contribution in [0.1, 0.15) is 0 Å². The molecule has 1 amide bonds. The maximum absolute atomic E-state index is 11.8. The fourth-order valence-corrected chi connectivity index (χ4v) is 4.80. The van der Waals surface area contributed by atoms with E-state index in [9.17, 15) is 19.5 Å². The van der Waals surface area contributed by atoms with Gasteiger partial charge in [-0.25, -0.2) is 9.59 Å². The molecule has 0 saturated carbocycles. The Hall–Kier alpha value is -1.45. The summed E-state index contributed by atoms with van der Waals surface area (Å²) in [5, 5.41) is 9.07. The van der Waals surface area contributed by atoms with Crippen molar-refractivity contribution in [2.75, 3.05) is 18.1 Å². The molecular weight excluding hydrogens is 316 g/mol. The number of carboxylic acid groups (broad SMARTS) is 1. The fourth-order valence-electron chi connectivity index (χ4n) is 2.28. The highest BCUT2D eigenvalue weighted by Crippen LogP contribution is 2.43. The van der Waals surface area contributed by atoms with Crippen molar-refractivity contribution in [3.63, 3.8) is 0 Å². The number of carbonyl (C=O) groups excluding carboxylic acids is 2. The number of esters is 1. The molecule has 21 heavy (non-hydrogen) atoms. The smallest absolute Gasteiger partial charge is 0.353 e. The third-order valence-electron chi connectivity index (χ3n) is 3.33. The predicted octanol–water partition coefficient (Wildman–Crippen LogP) is -0.259. The van der Waals surface area contributed by atoms with Crippen LogP contribution >= 0.6 is 23.5 Å². The molecule has 0 aromatic rings. The van der Waals surface area contributed by atoms with Gasteiger partial charge in [-0.15, -0.1) is 23.5 Å². The number of nitrogens with zero attached hydrogens (tertiary/aromatic N) is 1. The Balaban J connectivity index is 1.78. The molecule has 3 N–H and O–H groups in total. The highest BCUT2D eigenvalue weighted by molar-refractivity contribution is 8.06. The van der Waals surface area contributed by atoms with Crippen LogP contribution in [-0.2, 0) is 19.1 Å². The Morgan fingerprint density at radius 1 is 1.57 bits per heavy atom. The van der Waals surface area contributed by atoms with Crippen LogP contribution in [0.3, 0.4) is 0 Å². The van der Waals surface area contributed by atoms with Gasteiger partial charge in [-0.1, -0.05) is 0 Å². The number of cyclic esters (lactones) is 1. The van der Waals surface area contributed by atoms with Crippen molar-refractivity contribution in [1.29, 1.82) is 0 Å². The number of rotatable bonds is 4. The lowest BCUT2D eigenvalue weighted by Gasteiger charge is -2.47. The van der Waals surface area contributed by atoms with Crippen molar-refractivity contribution < 1.29 is 24.2 Å². The van der Waals surface area contributed by atoms with Gasteiger partial charge < -0.3 is 15.6 Å². The molecule has 0 bridgehead atoms. The van der Waals surface area contributed by atoms with Crippen molar-refractivity contribution in [1.82, 2.24) is 4.90 Å². The van der Waals surface area contributed by atoms with Gasteiger partial charge >= 0.3 is 11.9 Å². The van der Waals surface area contributed by atoms with Crippen LogP contribution in [-0.4, -0.2) is 57.4 Å². The average Bonchev–Trinajstić information content (AvgIpc) is 2.88. The summed E-state index contributed by atoms with van der Waals surface area (Å²) in [5.74, 6) is -0.898.